The van der Waals surface area contributed by atoms with E-state index in [4.69, 9.17) is 0 Å². The van der Waals surface area contributed by atoms with E-state index in [0.717, 1.165) is 20.9 Å². The Morgan fingerprint density at radius 1 is 1.35 bits per heavy atom. The van der Waals surface area contributed by atoms with E-state index in [0.29, 0.717) is 18.4 Å². The molecule has 0 N–H and O–H groups in total. The normalized spacial score (nSPS) is 23.6. The predicted molar refractivity (Wildman–Crippen MR) is 91.8 cm³/mol. The molecular formula is C14H16BrIO3S. The summed E-state index contributed by atoms with van der Waals surface area (Å²) in [5, 5.41) is -0.366. The van der Waals surface area contributed by atoms with Crippen LogP contribution in [0.4, 0.5) is 0 Å². The zero-order valence-electron chi connectivity index (χ0n) is 11.1. The maximum absolute atomic E-state index is 12.6. The maximum Gasteiger partial charge on any atom is 0.167 e. The standard InChI is InChI=1S/C14H16BrIO3S/c1-20(18,19)11-4-2-3-9(7-11)14(17)12-8-10(15)5-6-13(12)16/h5-6,8-9,11H,2-4,7H2,1H3. The summed E-state index contributed by atoms with van der Waals surface area (Å²) in [4.78, 5) is 12.6. The van der Waals surface area contributed by atoms with E-state index in [2.05, 4.69) is 38.5 Å². The second kappa shape index (κ2) is 6.44. The van der Waals surface area contributed by atoms with E-state index < -0.39 is 9.84 Å². The van der Waals surface area contributed by atoms with Crippen LogP contribution in [-0.2, 0) is 9.84 Å². The second-order valence-corrected chi connectivity index (χ2v) is 9.71. The fourth-order valence-corrected chi connectivity index (χ4v) is 4.82. The van der Waals surface area contributed by atoms with Crippen molar-refractivity contribution >= 4 is 54.1 Å². The molecule has 0 amide bonds. The Hall–Kier alpha value is 0.0500. The van der Waals surface area contributed by atoms with Gasteiger partial charge in [0.15, 0.2) is 5.78 Å². The highest BCUT2D eigenvalue weighted by Gasteiger charge is 2.33. The zero-order valence-corrected chi connectivity index (χ0v) is 15.7. The number of halogens is 2. The van der Waals surface area contributed by atoms with E-state index in [9.17, 15) is 13.2 Å². The molecule has 110 valence electrons. The Bertz CT molecular complexity index is 627. The van der Waals surface area contributed by atoms with Crippen molar-refractivity contribution in [1.82, 2.24) is 0 Å². The third-order valence-electron chi connectivity index (χ3n) is 3.80. The lowest BCUT2D eigenvalue weighted by Gasteiger charge is -2.27. The largest absolute Gasteiger partial charge is 0.294 e. The van der Waals surface area contributed by atoms with Gasteiger partial charge in [-0.2, -0.15) is 0 Å². The molecule has 0 spiro atoms. The number of benzene rings is 1. The van der Waals surface area contributed by atoms with Gasteiger partial charge in [-0.3, -0.25) is 4.79 Å². The summed E-state index contributed by atoms with van der Waals surface area (Å²) in [5.74, 6) is -0.102. The average molecular weight is 471 g/mol. The lowest BCUT2D eigenvalue weighted by molar-refractivity contribution is 0.0890. The molecule has 1 aromatic carbocycles. The Morgan fingerprint density at radius 2 is 2.05 bits per heavy atom. The molecule has 0 aromatic heterocycles. The van der Waals surface area contributed by atoms with E-state index in [1.807, 2.05) is 18.2 Å². The van der Waals surface area contributed by atoms with Crippen molar-refractivity contribution in [2.75, 3.05) is 6.26 Å². The summed E-state index contributed by atoms with van der Waals surface area (Å²) < 4.78 is 25.2. The van der Waals surface area contributed by atoms with Crippen molar-refractivity contribution in [3.8, 4) is 0 Å². The smallest absolute Gasteiger partial charge is 0.167 e. The van der Waals surface area contributed by atoms with Crippen molar-refractivity contribution in [3.63, 3.8) is 0 Å². The molecule has 2 atom stereocenters. The van der Waals surface area contributed by atoms with Crippen molar-refractivity contribution in [3.05, 3.63) is 31.8 Å². The zero-order chi connectivity index (χ0) is 14.9. The van der Waals surface area contributed by atoms with Crippen LogP contribution in [0, 0.1) is 9.49 Å². The topological polar surface area (TPSA) is 51.2 Å². The quantitative estimate of drug-likeness (QED) is 0.498. The van der Waals surface area contributed by atoms with Gasteiger partial charge in [0.05, 0.1) is 5.25 Å². The second-order valence-electron chi connectivity index (χ2n) is 5.30. The molecule has 0 heterocycles. The van der Waals surface area contributed by atoms with Crippen molar-refractivity contribution in [1.29, 1.82) is 0 Å². The highest BCUT2D eigenvalue weighted by molar-refractivity contribution is 14.1. The molecular weight excluding hydrogens is 455 g/mol. The number of carbonyl (C=O) groups excluding carboxylic acids is 1. The molecule has 3 nitrogen and oxygen atoms in total. The number of sulfone groups is 1. The van der Waals surface area contributed by atoms with Gasteiger partial charge in [-0.05, 0) is 60.1 Å². The van der Waals surface area contributed by atoms with Gasteiger partial charge in [0, 0.05) is 25.8 Å². The summed E-state index contributed by atoms with van der Waals surface area (Å²) in [6.07, 6.45) is 4.00. The molecule has 0 bridgehead atoms. The highest BCUT2D eigenvalue weighted by atomic mass is 127. The Morgan fingerprint density at radius 3 is 2.70 bits per heavy atom. The summed E-state index contributed by atoms with van der Waals surface area (Å²) in [7, 11) is -3.06. The summed E-state index contributed by atoms with van der Waals surface area (Å²) >= 11 is 5.53. The monoisotopic (exact) mass is 470 g/mol. The number of hydrogen-bond donors (Lipinski definition) is 0. The van der Waals surface area contributed by atoms with Crippen LogP contribution in [0.3, 0.4) is 0 Å². The Labute approximate surface area is 141 Å². The minimum Gasteiger partial charge on any atom is -0.294 e. The van der Waals surface area contributed by atoms with E-state index in [-0.39, 0.29) is 17.0 Å². The van der Waals surface area contributed by atoms with Crippen LogP contribution in [0.1, 0.15) is 36.0 Å². The molecule has 1 aliphatic rings. The minimum absolute atomic E-state index is 0.0732. The number of carbonyl (C=O) groups is 1. The first-order valence-electron chi connectivity index (χ1n) is 6.47. The van der Waals surface area contributed by atoms with Gasteiger partial charge in [0.1, 0.15) is 9.84 Å². The van der Waals surface area contributed by atoms with Gasteiger partial charge in [-0.25, -0.2) is 8.42 Å². The van der Waals surface area contributed by atoms with Gasteiger partial charge in [-0.1, -0.05) is 22.4 Å². The van der Waals surface area contributed by atoms with Crippen LogP contribution < -0.4 is 0 Å². The van der Waals surface area contributed by atoms with Gasteiger partial charge in [0.25, 0.3) is 0 Å². The van der Waals surface area contributed by atoms with Gasteiger partial charge < -0.3 is 0 Å². The summed E-state index contributed by atoms with van der Waals surface area (Å²) in [6.45, 7) is 0. The maximum atomic E-state index is 12.6. The van der Waals surface area contributed by atoms with Gasteiger partial charge in [-0.15, -0.1) is 0 Å². The fourth-order valence-electron chi connectivity index (χ4n) is 2.68. The number of rotatable bonds is 3. The first-order valence-corrected chi connectivity index (χ1v) is 10.3. The number of hydrogen-bond acceptors (Lipinski definition) is 3. The fraction of sp³-hybridized carbons (Fsp3) is 0.500. The summed E-state index contributed by atoms with van der Waals surface area (Å²) in [6, 6.07) is 5.63. The van der Waals surface area contributed by atoms with Crippen LogP contribution in [0.2, 0.25) is 0 Å². The molecule has 1 saturated carbocycles. The van der Waals surface area contributed by atoms with E-state index >= 15 is 0 Å². The van der Waals surface area contributed by atoms with Gasteiger partial charge in [0.2, 0.25) is 0 Å². The molecule has 1 fully saturated rings. The average Bonchev–Trinajstić information content (AvgIpc) is 2.40. The minimum atomic E-state index is -3.06. The van der Waals surface area contributed by atoms with Crippen molar-refractivity contribution in [2.45, 2.75) is 30.9 Å². The molecule has 0 radical (unpaired) electrons. The van der Waals surface area contributed by atoms with Crippen LogP contribution in [-0.4, -0.2) is 25.7 Å². The third kappa shape index (κ3) is 3.82. The van der Waals surface area contributed by atoms with E-state index in [1.165, 1.54) is 6.26 Å². The molecule has 2 unspecified atom stereocenters. The van der Waals surface area contributed by atoms with Crippen LogP contribution in [0.5, 0.6) is 0 Å². The SMILES string of the molecule is CS(=O)(=O)C1CCCC(C(=O)c2cc(Br)ccc2I)C1. The van der Waals surface area contributed by atoms with Gasteiger partial charge >= 0.3 is 0 Å². The molecule has 2 rings (SSSR count). The Kier molecular flexibility index (Phi) is 5.29. The first kappa shape index (κ1) is 16.4. The molecule has 0 aliphatic heterocycles. The lowest BCUT2D eigenvalue weighted by Crippen LogP contribution is -2.31. The lowest BCUT2D eigenvalue weighted by atomic mass is 9.83. The first-order chi connectivity index (χ1) is 9.29. The molecule has 6 heteroatoms. The van der Waals surface area contributed by atoms with Crippen molar-refractivity contribution < 1.29 is 13.2 Å². The molecule has 1 aromatic rings. The van der Waals surface area contributed by atoms with Crippen LogP contribution in [0.15, 0.2) is 22.7 Å². The Balaban J connectivity index is 2.23. The number of ketones is 1. The highest BCUT2D eigenvalue weighted by Crippen LogP contribution is 2.32. The summed E-state index contributed by atoms with van der Waals surface area (Å²) in [5.41, 5.74) is 0.694. The van der Waals surface area contributed by atoms with E-state index in [1.54, 1.807) is 0 Å². The van der Waals surface area contributed by atoms with Crippen molar-refractivity contribution in [2.24, 2.45) is 5.92 Å². The third-order valence-corrected chi connectivity index (χ3v) is 6.87. The van der Waals surface area contributed by atoms with Crippen LogP contribution >= 0.6 is 38.5 Å². The molecule has 20 heavy (non-hydrogen) atoms. The predicted octanol–water partition coefficient (Wildman–Crippen LogP) is 3.84. The molecule has 1 aliphatic carbocycles. The van der Waals surface area contributed by atoms with Crippen LogP contribution in [0.25, 0.3) is 0 Å². The number of Topliss-reactive ketones (excluding diaryl/α,β-unsaturated/α-hetero) is 1. The molecule has 0 saturated heterocycles.